The number of carboxylic acids is 1. The Morgan fingerprint density at radius 1 is 1.03 bits per heavy atom. The summed E-state index contributed by atoms with van der Waals surface area (Å²) in [7, 11) is 0. The van der Waals surface area contributed by atoms with E-state index in [1.807, 2.05) is 24.3 Å². The van der Waals surface area contributed by atoms with E-state index >= 15 is 0 Å². The van der Waals surface area contributed by atoms with Gasteiger partial charge in [-0.25, -0.2) is 9.59 Å². The number of carbonyl (C=O) groups excluding carboxylic acids is 2. The summed E-state index contributed by atoms with van der Waals surface area (Å²) in [6.45, 7) is 3.45. The molecule has 8 heteroatoms. The summed E-state index contributed by atoms with van der Waals surface area (Å²) < 4.78 is 5.46. The van der Waals surface area contributed by atoms with Gasteiger partial charge in [0.05, 0.1) is 5.75 Å². The second-order valence-electron chi connectivity index (χ2n) is 7.78. The summed E-state index contributed by atoms with van der Waals surface area (Å²) in [5.41, 5.74) is 3.35. The van der Waals surface area contributed by atoms with Crippen molar-refractivity contribution in [3.8, 4) is 11.1 Å². The molecule has 2 amide bonds. The molecule has 3 N–H and O–H groups in total. The van der Waals surface area contributed by atoms with Crippen LogP contribution in [0.2, 0.25) is 0 Å². The minimum atomic E-state index is -1.31. The number of nitrogens with one attached hydrogen (secondary N) is 2. The van der Waals surface area contributed by atoms with Crippen LogP contribution < -0.4 is 10.6 Å². The van der Waals surface area contributed by atoms with Gasteiger partial charge in [-0.15, -0.1) is 0 Å². The number of hydrogen-bond acceptors (Lipinski definition) is 5. The first-order chi connectivity index (χ1) is 14.8. The molecule has 0 unspecified atom stereocenters. The topological polar surface area (TPSA) is 105 Å². The van der Waals surface area contributed by atoms with Crippen LogP contribution in [-0.4, -0.2) is 53.3 Å². The van der Waals surface area contributed by atoms with Gasteiger partial charge in [0.15, 0.2) is 0 Å². The molecule has 0 spiro atoms. The molecule has 0 saturated carbocycles. The van der Waals surface area contributed by atoms with Gasteiger partial charge in [0.25, 0.3) is 0 Å². The molecule has 0 aromatic heterocycles. The molecule has 2 aromatic carbocycles. The van der Waals surface area contributed by atoms with E-state index in [1.54, 1.807) is 0 Å². The molecule has 2 aromatic rings. The van der Waals surface area contributed by atoms with Gasteiger partial charge >= 0.3 is 12.1 Å². The van der Waals surface area contributed by atoms with Crippen LogP contribution in [0, 0.1) is 0 Å². The fraction of sp³-hybridized carbons (Fsp3) is 0.348. The average molecular weight is 443 g/mol. The van der Waals surface area contributed by atoms with Crippen molar-refractivity contribution >= 4 is 29.7 Å². The fourth-order valence-electron chi connectivity index (χ4n) is 3.48. The molecule has 1 aliphatic rings. The van der Waals surface area contributed by atoms with E-state index in [-0.39, 0.29) is 24.2 Å². The summed E-state index contributed by atoms with van der Waals surface area (Å²) in [4.78, 5) is 34.9. The van der Waals surface area contributed by atoms with Crippen LogP contribution in [0.3, 0.4) is 0 Å². The molecule has 0 radical (unpaired) electrons. The van der Waals surface area contributed by atoms with Gasteiger partial charge in [-0.2, -0.15) is 11.8 Å². The highest BCUT2D eigenvalue weighted by atomic mass is 32.2. The van der Waals surface area contributed by atoms with Crippen LogP contribution in [0.1, 0.15) is 30.9 Å². The molecule has 31 heavy (non-hydrogen) atoms. The van der Waals surface area contributed by atoms with E-state index in [0.29, 0.717) is 12.3 Å². The largest absolute Gasteiger partial charge is 0.480 e. The first-order valence-corrected chi connectivity index (χ1v) is 11.2. The van der Waals surface area contributed by atoms with Gasteiger partial charge in [0.1, 0.15) is 12.1 Å². The van der Waals surface area contributed by atoms with Crippen molar-refractivity contribution in [2.24, 2.45) is 0 Å². The van der Waals surface area contributed by atoms with Crippen LogP contribution in [0.15, 0.2) is 48.5 Å². The van der Waals surface area contributed by atoms with Gasteiger partial charge in [0, 0.05) is 18.2 Å². The number of rotatable bonds is 9. The SMILES string of the molecule is CC(C)(NC(=O)CSCCNC(=O)OCC1c2ccccc2-c2ccccc21)C(=O)O. The molecular formula is C23H26N2O5S. The minimum Gasteiger partial charge on any atom is -0.480 e. The Morgan fingerprint density at radius 2 is 1.61 bits per heavy atom. The van der Waals surface area contributed by atoms with Gasteiger partial charge < -0.3 is 20.5 Å². The number of carbonyl (C=O) groups is 3. The number of thioether (sulfide) groups is 1. The molecule has 164 valence electrons. The van der Waals surface area contributed by atoms with Crippen molar-refractivity contribution in [3.63, 3.8) is 0 Å². The minimum absolute atomic E-state index is 0.00816. The van der Waals surface area contributed by atoms with E-state index in [0.717, 1.165) is 11.1 Å². The lowest BCUT2D eigenvalue weighted by Crippen LogP contribution is -2.50. The smallest absolute Gasteiger partial charge is 0.407 e. The molecule has 1 aliphatic carbocycles. The maximum absolute atomic E-state index is 12.1. The predicted octanol–water partition coefficient (Wildman–Crippen LogP) is 3.24. The Balaban J connectivity index is 1.40. The maximum atomic E-state index is 12.1. The van der Waals surface area contributed by atoms with Crippen LogP contribution >= 0.6 is 11.8 Å². The Hall–Kier alpha value is -3.00. The Labute approximate surface area is 185 Å². The standard InChI is InChI=1S/C23H26N2O5S/c1-23(2,21(27)28)25-20(26)14-31-12-11-24-22(29)30-13-19-17-9-5-3-7-15(17)16-8-4-6-10-18(16)19/h3-10,19H,11-14H2,1-2H3,(H,24,29)(H,25,26)(H,27,28). The first kappa shape index (κ1) is 22.7. The van der Waals surface area contributed by atoms with Crippen molar-refractivity contribution in [2.45, 2.75) is 25.3 Å². The number of fused-ring (bicyclic) bond motifs is 3. The lowest BCUT2D eigenvalue weighted by atomic mass is 9.98. The van der Waals surface area contributed by atoms with E-state index in [1.165, 1.54) is 36.7 Å². The normalized spacial score (nSPS) is 12.6. The molecule has 0 fully saturated rings. The number of amides is 2. The Bertz CT molecular complexity index is 930. The summed E-state index contributed by atoms with van der Waals surface area (Å²) >= 11 is 1.31. The van der Waals surface area contributed by atoms with Crippen molar-refractivity contribution in [1.82, 2.24) is 10.6 Å². The van der Waals surface area contributed by atoms with Crippen LogP contribution in [0.4, 0.5) is 4.79 Å². The van der Waals surface area contributed by atoms with Crippen LogP contribution in [0.5, 0.6) is 0 Å². The highest BCUT2D eigenvalue weighted by Gasteiger charge is 2.29. The number of carboxylic acid groups (broad SMARTS) is 1. The Kier molecular flexibility index (Phi) is 7.22. The molecule has 3 rings (SSSR count). The lowest BCUT2D eigenvalue weighted by Gasteiger charge is -2.20. The summed E-state index contributed by atoms with van der Waals surface area (Å²) in [6.07, 6.45) is -0.501. The highest BCUT2D eigenvalue weighted by molar-refractivity contribution is 7.99. The molecule has 0 bridgehead atoms. The van der Waals surface area contributed by atoms with Crippen molar-refractivity contribution in [1.29, 1.82) is 0 Å². The Morgan fingerprint density at radius 3 is 2.19 bits per heavy atom. The third kappa shape index (κ3) is 5.58. The zero-order valence-electron chi connectivity index (χ0n) is 17.5. The third-order valence-corrected chi connectivity index (χ3v) is 6.04. The van der Waals surface area contributed by atoms with Gasteiger partial charge in [-0.3, -0.25) is 4.79 Å². The van der Waals surface area contributed by atoms with Gasteiger partial charge in [-0.1, -0.05) is 48.5 Å². The first-order valence-electron chi connectivity index (χ1n) is 10.0. The number of hydrogen-bond donors (Lipinski definition) is 3. The summed E-state index contributed by atoms with van der Waals surface area (Å²) in [5, 5.41) is 14.2. The van der Waals surface area contributed by atoms with Crippen molar-refractivity contribution in [2.75, 3.05) is 24.7 Å². The van der Waals surface area contributed by atoms with Crippen molar-refractivity contribution < 1.29 is 24.2 Å². The summed E-state index contributed by atoms with van der Waals surface area (Å²) in [5.74, 6) is -0.830. The third-order valence-electron chi connectivity index (χ3n) is 5.08. The zero-order valence-corrected chi connectivity index (χ0v) is 18.3. The van der Waals surface area contributed by atoms with E-state index in [2.05, 4.69) is 34.9 Å². The molecule has 7 nitrogen and oxygen atoms in total. The van der Waals surface area contributed by atoms with Gasteiger partial charge in [0.2, 0.25) is 5.91 Å². The highest BCUT2D eigenvalue weighted by Crippen LogP contribution is 2.44. The summed E-state index contributed by atoms with van der Waals surface area (Å²) in [6, 6.07) is 16.3. The van der Waals surface area contributed by atoms with E-state index in [4.69, 9.17) is 9.84 Å². The predicted molar refractivity (Wildman–Crippen MR) is 120 cm³/mol. The quantitative estimate of drug-likeness (QED) is 0.515. The number of ether oxygens (including phenoxy) is 1. The van der Waals surface area contributed by atoms with Crippen LogP contribution in [-0.2, 0) is 14.3 Å². The molecule has 0 saturated heterocycles. The molecule has 0 aliphatic heterocycles. The molecular weight excluding hydrogens is 416 g/mol. The van der Waals surface area contributed by atoms with Crippen molar-refractivity contribution in [3.05, 3.63) is 59.7 Å². The second kappa shape index (κ2) is 9.87. The lowest BCUT2D eigenvalue weighted by molar-refractivity contribution is -0.145. The maximum Gasteiger partial charge on any atom is 0.407 e. The van der Waals surface area contributed by atoms with E-state index in [9.17, 15) is 14.4 Å². The number of benzene rings is 2. The zero-order chi connectivity index (χ0) is 22.4. The van der Waals surface area contributed by atoms with Gasteiger partial charge in [-0.05, 0) is 36.1 Å². The number of alkyl carbamates (subject to hydrolysis) is 1. The van der Waals surface area contributed by atoms with Crippen LogP contribution in [0.25, 0.3) is 11.1 Å². The monoisotopic (exact) mass is 442 g/mol. The van der Waals surface area contributed by atoms with E-state index < -0.39 is 17.6 Å². The fourth-order valence-corrected chi connectivity index (χ4v) is 4.13. The molecule has 0 heterocycles. The second-order valence-corrected chi connectivity index (χ2v) is 8.89. The molecule has 0 atom stereocenters. The average Bonchev–Trinajstić information content (AvgIpc) is 3.05. The number of aliphatic carboxylic acids is 1.